The minimum Gasteiger partial charge on any atom is -0.364 e. The zero-order chi connectivity index (χ0) is 15.7. The first-order valence-electron chi connectivity index (χ1n) is 6.11. The quantitative estimate of drug-likeness (QED) is 0.821. The predicted molar refractivity (Wildman–Crippen MR) is 71.2 cm³/mol. The molecule has 21 heavy (non-hydrogen) atoms. The van der Waals surface area contributed by atoms with Gasteiger partial charge >= 0.3 is 6.18 Å². The molecule has 110 valence electrons. The normalized spacial score (nSPS) is 14.2. The zero-order valence-electron chi connectivity index (χ0n) is 11.4. The van der Waals surface area contributed by atoms with E-state index in [1.165, 1.54) is 19.4 Å². The lowest BCUT2D eigenvalue weighted by molar-refractivity contribution is -0.244. The molecule has 0 spiro atoms. The van der Waals surface area contributed by atoms with E-state index in [0.29, 0.717) is 5.56 Å². The van der Waals surface area contributed by atoms with Crippen LogP contribution in [0.3, 0.4) is 0 Å². The third-order valence-electron chi connectivity index (χ3n) is 2.99. The Morgan fingerprint density at radius 2 is 1.81 bits per heavy atom. The summed E-state index contributed by atoms with van der Waals surface area (Å²) < 4.78 is 40.7. The van der Waals surface area contributed by atoms with E-state index in [0.717, 1.165) is 10.1 Å². The molecule has 2 rings (SSSR count). The van der Waals surface area contributed by atoms with Crippen molar-refractivity contribution in [3.63, 3.8) is 0 Å². The fourth-order valence-electron chi connectivity index (χ4n) is 1.77. The highest BCUT2D eigenvalue weighted by molar-refractivity contribution is 5.39. The number of nitrogens with zero attached hydrogens (tertiary/aromatic N) is 2. The molecule has 0 aliphatic heterocycles. The van der Waals surface area contributed by atoms with Crippen LogP contribution >= 0.6 is 0 Å². The monoisotopic (exact) mass is 294 g/mol. The van der Waals surface area contributed by atoms with Crippen LogP contribution in [0.2, 0.25) is 0 Å². The van der Waals surface area contributed by atoms with Crippen molar-refractivity contribution in [1.82, 2.24) is 9.55 Å². The van der Waals surface area contributed by atoms with Gasteiger partial charge in [-0.25, -0.2) is 4.98 Å². The Morgan fingerprint density at radius 3 is 2.29 bits per heavy atom. The fraction of sp³-hybridized carbons (Fsp3) is 0.267. The maximum atomic E-state index is 13.2. The lowest BCUT2D eigenvalue weighted by Crippen LogP contribution is -2.43. The van der Waals surface area contributed by atoms with E-state index >= 15 is 0 Å². The SMILES string of the molecule is Cc1ccc(C#CC(O)(c2nccn2C)C(F)(F)F)cc1. The maximum Gasteiger partial charge on any atom is 0.436 e. The van der Waals surface area contributed by atoms with Gasteiger partial charge in [0.15, 0.2) is 5.82 Å². The van der Waals surface area contributed by atoms with Gasteiger partial charge < -0.3 is 9.67 Å². The molecule has 2 aromatic rings. The van der Waals surface area contributed by atoms with E-state index in [1.807, 2.05) is 12.8 Å². The van der Waals surface area contributed by atoms with Gasteiger partial charge in [-0.1, -0.05) is 23.6 Å². The average Bonchev–Trinajstić information content (AvgIpc) is 2.83. The Balaban J connectivity index is 2.49. The summed E-state index contributed by atoms with van der Waals surface area (Å²) in [5.74, 6) is 3.71. The minimum absolute atomic E-state index is 0.387. The summed E-state index contributed by atoms with van der Waals surface area (Å²) in [5.41, 5.74) is -1.95. The number of aliphatic hydroxyl groups is 1. The van der Waals surface area contributed by atoms with Crippen LogP contribution in [0.5, 0.6) is 0 Å². The molecule has 3 nitrogen and oxygen atoms in total. The Morgan fingerprint density at radius 1 is 1.19 bits per heavy atom. The molecule has 0 amide bonds. The van der Waals surface area contributed by atoms with Gasteiger partial charge in [-0.05, 0) is 25.0 Å². The van der Waals surface area contributed by atoms with Gasteiger partial charge in [0.25, 0.3) is 5.60 Å². The Labute approximate surface area is 120 Å². The third kappa shape index (κ3) is 2.93. The second-order valence-electron chi connectivity index (χ2n) is 4.69. The van der Waals surface area contributed by atoms with Crippen LogP contribution in [0.4, 0.5) is 13.2 Å². The van der Waals surface area contributed by atoms with Crippen LogP contribution < -0.4 is 0 Å². The van der Waals surface area contributed by atoms with Crippen LogP contribution in [-0.2, 0) is 12.6 Å². The number of imidazole rings is 1. The van der Waals surface area contributed by atoms with E-state index in [-0.39, 0.29) is 0 Å². The molecule has 1 unspecified atom stereocenters. The van der Waals surface area contributed by atoms with E-state index < -0.39 is 17.6 Å². The molecule has 0 saturated heterocycles. The molecule has 0 fully saturated rings. The first kappa shape index (κ1) is 15.1. The molecule has 0 bridgehead atoms. The average molecular weight is 294 g/mol. The Hall–Kier alpha value is -2.26. The topological polar surface area (TPSA) is 38.1 Å². The fourth-order valence-corrected chi connectivity index (χ4v) is 1.77. The zero-order valence-corrected chi connectivity index (χ0v) is 11.4. The smallest absolute Gasteiger partial charge is 0.364 e. The molecular weight excluding hydrogens is 281 g/mol. The highest BCUT2D eigenvalue weighted by Crippen LogP contribution is 2.37. The number of hydrogen-bond acceptors (Lipinski definition) is 2. The maximum absolute atomic E-state index is 13.2. The molecule has 1 aromatic heterocycles. The van der Waals surface area contributed by atoms with Crippen LogP contribution in [0.15, 0.2) is 36.7 Å². The number of aromatic nitrogens is 2. The van der Waals surface area contributed by atoms with Gasteiger partial charge in [0.2, 0.25) is 0 Å². The molecule has 1 aromatic carbocycles. The summed E-state index contributed by atoms with van der Waals surface area (Å²) in [4.78, 5) is 3.57. The van der Waals surface area contributed by atoms with Crippen LogP contribution in [0, 0.1) is 18.8 Å². The summed E-state index contributed by atoms with van der Waals surface area (Å²) in [6.07, 6.45) is -2.46. The second kappa shape index (κ2) is 5.26. The van der Waals surface area contributed by atoms with E-state index in [1.54, 1.807) is 24.3 Å². The summed E-state index contributed by atoms with van der Waals surface area (Å²) in [6, 6.07) is 6.66. The molecule has 0 saturated carbocycles. The van der Waals surface area contributed by atoms with Crippen molar-refractivity contribution in [3.05, 3.63) is 53.6 Å². The summed E-state index contributed by atoms with van der Waals surface area (Å²) in [7, 11) is 1.37. The van der Waals surface area contributed by atoms with E-state index in [4.69, 9.17) is 0 Å². The molecule has 1 heterocycles. The van der Waals surface area contributed by atoms with Crippen molar-refractivity contribution < 1.29 is 18.3 Å². The van der Waals surface area contributed by atoms with Gasteiger partial charge in [0, 0.05) is 25.0 Å². The molecule has 6 heteroatoms. The van der Waals surface area contributed by atoms with Crippen molar-refractivity contribution in [3.8, 4) is 11.8 Å². The van der Waals surface area contributed by atoms with Gasteiger partial charge in [0.1, 0.15) is 0 Å². The lowest BCUT2D eigenvalue weighted by Gasteiger charge is -2.24. The number of aryl methyl sites for hydroxylation is 2. The summed E-state index contributed by atoms with van der Waals surface area (Å²) in [5, 5.41) is 10.0. The van der Waals surface area contributed by atoms with Crippen molar-refractivity contribution in [2.75, 3.05) is 0 Å². The van der Waals surface area contributed by atoms with Gasteiger partial charge in [-0.15, -0.1) is 0 Å². The number of rotatable bonds is 1. The number of benzene rings is 1. The van der Waals surface area contributed by atoms with Crippen LogP contribution in [-0.4, -0.2) is 20.8 Å². The molecule has 1 N–H and O–H groups in total. The Kier molecular flexibility index (Phi) is 3.79. The van der Waals surface area contributed by atoms with Crippen LogP contribution in [0.1, 0.15) is 17.0 Å². The molecule has 0 aliphatic carbocycles. The van der Waals surface area contributed by atoms with Gasteiger partial charge in [0.05, 0.1) is 0 Å². The highest BCUT2D eigenvalue weighted by Gasteiger charge is 2.57. The van der Waals surface area contributed by atoms with E-state index in [9.17, 15) is 18.3 Å². The number of halogens is 3. The predicted octanol–water partition coefficient (Wildman–Crippen LogP) is 2.53. The highest BCUT2D eigenvalue weighted by atomic mass is 19.4. The molecule has 0 radical (unpaired) electrons. The largest absolute Gasteiger partial charge is 0.436 e. The van der Waals surface area contributed by atoms with E-state index in [2.05, 4.69) is 10.9 Å². The molecule has 1 atom stereocenters. The number of alkyl halides is 3. The second-order valence-corrected chi connectivity index (χ2v) is 4.69. The number of hydrogen-bond donors (Lipinski definition) is 1. The van der Waals surface area contributed by atoms with Crippen molar-refractivity contribution in [2.24, 2.45) is 7.05 Å². The van der Waals surface area contributed by atoms with Crippen LogP contribution in [0.25, 0.3) is 0 Å². The third-order valence-corrected chi connectivity index (χ3v) is 2.99. The van der Waals surface area contributed by atoms with Crippen molar-refractivity contribution >= 4 is 0 Å². The standard InChI is InChI=1S/C15H13F3N2O/c1-11-3-5-12(6-4-11)7-8-14(21,15(16,17)18)13-19-9-10-20(13)2/h3-6,9-10,21H,1-2H3. The lowest BCUT2D eigenvalue weighted by atomic mass is 10.0. The summed E-state index contributed by atoms with van der Waals surface area (Å²) in [6.45, 7) is 1.86. The van der Waals surface area contributed by atoms with Crippen molar-refractivity contribution in [1.29, 1.82) is 0 Å². The van der Waals surface area contributed by atoms with Gasteiger partial charge in [-0.3, -0.25) is 0 Å². The molecule has 0 aliphatic rings. The summed E-state index contributed by atoms with van der Waals surface area (Å²) >= 11 is 0. The van der Waals surface area contributed by atoms with Gasteiger partial charge in [-0.2, -0.15) is 13.2 Å². The first-order chi connectivity index (χ1) is 9.74. The minimum atomic E-state index is -4.95. The van der Waals surface area contributed by atoms with Crippen molar-refractivity contribution in [2.45, 2.75) is 18.7 Å². The first-order valence-corrected chi connectivity index (χ1v) is 6.11. The molecular formula is C15H13F3N2O. The Bertz CT molecular complexity index is 692.